The third kappa shape index (κ3) is 3.83. The van der Waals surface area contributed by atoms with Crippen molar-refractivity contribution in [2.45, 2.75) is 49.6 Å². The van der Waals surface area contributed by atoms with Crippen LogP contribution in [0.3, 0.4) is 0 Å². The molecule has 2 fully saturated rings. The summed E-state index contributed by atoms with van der Waals surface area (Å²) >= 11 is 1.67. The van der Waals surface area contributed by atoms with Crippen LogP contribution in [0.1, 0.15) is 38.2 Å². The molecule has 1 saturated carbocycles. The second-order valence-corrected chi connectivity index (χ2v) is 8.42. The van der Waals surface area contributed by atoms with Crippen LogP contribution in [0.4, 0.5) is 4.79 Å². The largest absolute Gasteiger partial charge is 0.340 e. The molecule has 6 nitrogen and oxygen atoms in total. The monoisotopic (exact) mass is 389 g/mol. The van der Waals surface area contributed by atoms with Gasteiger partial charge in [-0.05, 0) is 42.7 Å². The van der Waals surface area contributed by atoms with E-state index in [2.05, 4.69) is 5.32 Å². The van der Waals surface area contributed by atoms with Crippen molar-refractivity contribution >= 4 is 29.6 Å². The SMILES string of the molecule is CSc1ccc(CN(C)C(=O)CN2C(=O)N[C@@]3(CCCC[C@H]3C)C2=O)cc1. The lowest BCUT2D eigenvalue weighted by Gasteiger charge is -2.36. The zero-order valence-electron chi connectivity index (χ0n) is 16.2. The number of carbonyl (C=O) groups is 3. The van der Waals surface area contributed by atoms with Crippen LogP contribution in [-0.2, 0) is 16.1 Å². The fourth-order valence-corrected chi connectivity index (χ4v) is 4.40. The molecular formula is C20H27N3O3S. The quantitative estimate of drug-likeness (QED) is 0.621. The average Bonchev–Trinajstić information content (AvgIpc) is 2.89. The van der Waals surface area contributed by atoms with Gasteiger partial charge in [-0.2, -0.15) is 0 Å². The summed E-state index contributed by atoms with van der Waals surface area (Å²) in [5, 5.41) is 2.89. The number of nitrogens with zero attached hydrogens (tertiary/aromatic N) is 2. The number of nitrogens with one attached hydrogen (secondary N) is 1. The fraction of sp³-hybridized carbons (Fsp3) is 0.550. The second-order valence-electron chi connectivity index (χ2n) is 7.54. The summed E-state index contributed by atoms with van der Waals surface area (Å²) in [5.74, 6) is -0.394. The Morgan fingerprint density at radius 3 is 2.63 bits per heavy atom. The van der Waals surface area contributed by atoms with E-state index in [4.69, 9.17) is 0 Å². The summed E-state index contributed by atoms with van der Waals surface area (Å²) in [6.07, 6.45) is 5.58. The van der Waals surface area contributed by atoms with Crippen molar-refractivity contribution in [2.75, 3.05) is 19.8 Å². The molecule has 4 amide bonds. The number of hydrogen-bond donors (Lipinski definition) is 1. The van der Waals surface area contributed by atoms with E-state index in [-0.39, 0.29) is 24.3 Å². The third-order valence-corrected chi connectivity index (χ3v) is 6.54. The molecule has 0 aromatic heterocycles. The molecule has 1 saturated heterocycles. The van der Waals surface area contributed by atoms with E-state index >= 15 is 0 Å². The van der Waals surface area contributed by atoms with Crippen molar-refractivity contribution < 1.29 is 14.4 Å². The van der Waals surface area contributed by atoms with E-state index in [0.29, 0.717) is 13.0 Å². The van der Waals surface area contributed by atoms with Gasteiger partial charge in [-0.1, -0.05) is 31.9 Å². The van der Waals surface area contributed by atoms with Crippen LogP contribution in [-0.4, -0.2) is 53.0 Å². The third-order valence-electron chi connectivity index (χ3n) is 5.80. The van der Waals surface area contributed by atoms with Gasteiger partial charge in [0, 0.05) is 18.5 Å². The van der Waals surface area contributed by atoms with Gasteiger partial charge in [0.25, 0.3) is 5.91 Å². The Morgan fingerprint density at radius 2 is 2.00 bits per heavy atom. The van der Waals surface area contributed by atoms with Gasteiger partial charge in [-0.15, -0.1) is 11.8 Å². The highest BCUT2D eigenvalue weighted by Gasteiger charge is 2.55. The minimum atomic E-state index is -0.818. The van der Waals surface area contributed by atoms with Crippen molar-refractivity contribution in [3.05, 3.63) is 29.8 Å². The number of carbonyl (C=O) groups excluding carboxylic acids is 3. The van der Waals surface area contributed by atoms with Gasteiger partial charge >= 0.3 is 6.03 Å². The second kappa shape index (κ2) is 7.92. The van der Waals surface area contributed by atoms with Gasteiger partial charge < -0.3 is 10.2 Å². The Morgan fingerprint density at radius 1 is 1.30 bits per heavy atom. The lowest BCUT2D eigenvalue weighted by molar-refractivity contribution is -0.140. The first-order valence-corrected chi connectivity index (χ1v) is 10.6. The topological polar surface area (TPSA) is 69.7 Å². The maximum Gasteiger partial charge on any atom is 0.325 e. The summed E-state index contributed by atoms with van der Waals surface area (Å²) in [6.45, 7) is 2.24. The maximum atomic E-state index is 13.0. The molecule has 1 heterocycles. The van der Waals surface area contributed by atoms with Crippen molar-refractivity contribution in [3.63, 3.8) is 0 Å². The number of amides is 4. The van der Waals surface area contributed by atoms with Gasteiger partial charge in [0.2, 0.25) is 5.91 Å². The molecule has 146 valence electrons. The lowest BCUT2D eigenvalue weighted by Crippen LogP contribution is -2.54. The number of thioether (sulfide) groups is 1. The molecule has 0 unspecified atom stereocenters. The Labute approximate surface area is 164 Å². The Balaban J connectivity index is 1.64. The molecule has 1 aromatic rings. The number of urea groups is 1. The first kappa shape index (κ1) is 19.7. The molecule has 1 spiro atoms. The molecular weight excluding hydrogens is 362 g/mol. The smallest absolute Gasteiger partial charge is 0.325 e. The lowest BCUT2D eigenvalue weighted by atomic mass is 9.73. The van der Waals surface area contributed by atoms with E-state index in [9.17, 15) is 14.4 Å². The molecule has 0 bridgehead atoms. The van der Waals surface area contributed by atoms with Crippen LogP contribution in [0.15, 0.2) is 29.2 Å². The van der Waals surface area contributed by atoms with Gasteiger partial charge in [0.1, 0.15) is 12.1 Å². The standard InChI is InChI=1S/C20H27N3O3S/c1-14-6-4-5-11-20(14)18(25)23(19(26)21-20)13-17(24)22(2)12-15-7-9-16(27-3)10-8-15/h7-10,14H,4-6,11-13H2,1-3H3,(H,21,26)/t14-,20-/m1/s1. The van der Waals surface area contributed by atoms with Crippen LogP contribution in [0.2, 0.25) is 0 Å². The highest BCUT2D eigenvalue weighted by Crippen LogP contribution is 2.38. The van der Waals surface area contributed by atoms with Crippen LogP contribution in [0.5, 0.6) is 0 Å². The number of hydrogen-bond acceptors (Lipinski definition) is 4. The summed E-state index contributed by atoms with van der Waals surface area (Å²) in [7, 11) is 1.70. The van der Waals surface area contributed by atoms with Gasteiger partial charge in [0.15, 0.2) is 0 Å². The minimum absolute atomic E-state index is 0.0930. The molecule has 2 aliphatic rings. The average molecular weight is 390 g/mol. The normalized spacial score (nSPS) is 25.0. The predicted octanol–water partition coefficient (Wildman–Crippen LogP) is 2.87. The molecule has 27 heavy (non-hydrogen) atoms. The molecule has 1 aliphatic carbocycles. The first-order chi connectivity index (χ1) is 12.9. The van der Waals surface area contributed by atoms with Crippen LogP contribution in [0, 0.1) is 5.92 Å². The number of rotatable bonds is 5. The molecule has 1 aliphatic heterocycles. The Kier molecular flexibility index (Phi) is 5.79. The highest BCUT2D eigenvalue weighted by atomic mass is 32.2. The van der Waals surface area contributed by atoms with Crippen LogP contribution < -0.4 is 5.32 Å². The van der Waals surface area contributed by atoms with Crippen molar-refractivity contribution in [1.29, 1.82) is 0 Å². The molecule has 2 atom stereocenters. The summed E-state index contributed by atoms with van der Waals surface area (Å²) < 4.78 is 0. The molecule has 7 heteroatoms. The minimum Gasteiger partial charge on any atom is -0.340 e. The van der Waals surface area contributed by atoms with Crippen molar-refractivity contribution in [2.24, 2.45) is 5.92 Å². The molecule has 0 radical (unpaired) electrons. The van der Waals surface area contributed by atoms with E-state index in [1.54, 1.807) is 23.7 Å². The van der Waals surface area contributed by atoms with Gasteiger partial charge in [0.05, 0.1) is 0 Å². The number of benzene rings is 1. The molecule has 1 N–H and O–H groups in total. The van der Waals surface area contributed by atoms with E-state index in [1.165, 1.54) is 4.90 Å². The maximum absolute atomic E-state index is 13.0. The van der Waals surface area contributed by atoms with Gasteiger partial charge in [-0.25, -0.2) is 4.79 Å². The van der Waals surface area contributed by atoms with E-state index in [0.717, 1.165) is 29.7 Å². The van der Waals surface area contributed by atoms with E-state index in [1.807, 2.05) is 37.4 Å². The number of likely N-dealkylation sites (N-methyl/N-ethyl adjacent to an activating group) is 1. The zero-order valence-corrected chi connectivity index (χ0v) is 17.0. The number of imide groups is 1. The highest BCUT2D eigenvalue weighted by molar-refractivity contribution is 7.98. The Bertz CT molecular complexity index is 736. The van der Waals surface area contributed by atoms with Crippen LogP contribution >= 0.6 is 11.8 Å². The van der Waals surface area contributed by atoms with Gasteiger partial charge in [-0.3, -0.25) is 14.5 Å². The van der Waals surface area contributed by atoms with E-state index < -0.39 is 11.6 Å². The van der Waals surface area contributed by atoms with Crippen molar-refractivity contribution in [1.82, 2.24) is 15.1 Å². The molecule has 3 rings (SSSR count). The predicted molar refractivity (Wildman–Crippen MR) is 105 cm³/mol. The zero-order chi connectivity index (χ0) is 19.6. The fourth-order valence-electron chi connectivity index (χ4n) is 3.99. The summed E-state index contributed by atoms with van der Waals surface area (Å²) in [6, 6.07) is 7.57. The van der Waals surface area contributed by atoms with Crippen molar-refractivity contribution in [3.8, 4) is 0 Å². The van der Waals surface area contributed by atoms with Crippen LogP contribution in [0.25, 0.3) is 0 Å². The molecule has 1 aromatic carbocycles. The Hall–Kier alpha value is -2.02. The summed E-state index contributed by atoms with van der Waals surface area (Å²) in [5.41, 5.74) is 0.195. The summed E-state index contributed by atoms with van der Waals surface area (Å²) in [4.78, 5) is 41.8. The first-order valence-electron chi connectivity index (χ1n) is 9.38.